The maximum absolute atomic E-state index is 11.8. The van der Waals surface area contributed by atoms with Gasteiger partial charge in [-0.25, -0.2) is 4.98 Å². The molecule has 0 aliphatic heterocycles. The van der Waals surface area contributed by atoms with E-state index >= 15 is 0 Å². The Morgan fingerprint density at radius 2 is 2.14 bits per heavy atom. The first-order chi connectivity index (χ1) is 13.6. The summed E-state index contributed by atoms with van der Waals surface area (Å²) in [6.07, 6.45) is 0. The summed E-state index contributed by atoms with van der Waals surface area (Å²) in [4.78, 5) is 31.1. The van der Waals surface area contributed by atoms with Crippen LogP contribution in [0.4, 0.5) is 5.82 Å². The van der Waals surface area contributed by atoms with E-state index in [9.17, 15) is 9.59 Å². The predicted octanol–water partition coefficient (Wildman–Crippen LogP) is 2.08. The highest BCUT2D eigenvalue weighted by atomic mass is 32.2. The number of amides is 1. The number of ether oxygens (including phenoxy) is 1. The average molecular weight is 398 g/mol. The summed E-state index contributed by atoms with van der Waals surface area (Å²) in [5.74, 6) is -0.312. The summed E-state index contributed by atoms with van der Waals surface area (Å²) >= 11 is 1.07. The van der Waals surface area contributed by atoms with Gasteiger partial charge in [0.2, 0.25) is 5.16 Å². The first kappa shape index (κ1) is 17.9. The van der Waals surface area contributed by atoms with Gasteiger partial charge in [-0.15, -0.1) is 10.2 Å². The molecule has 0 atom stereocenters. The lowest BCUT2D eigenvalue weighted by molar-refractivity contribution is -0.144. The Morgan fingerprint density at radius 1 is 1.29 bits per heavy atom. The number of para-hydroxylation sites is 1. The Bertz CT molecular complexity index is 1170. The molecule has 10 nitrogen and oxygen atoms in total. The number of thioether (sulfide) groups is 1. The largest absolute Gasteiger partial charge is 0.455 e. The van der Waals surface area contributed by atoms with Crippen molar-refractivity contribution in [1.29, 1.82) is 0 Å². The van der Waals surface area contributed by atoms with E-state index in [2.05, 4.69) is 30.6 Å². The monoisotopic (exact) mass is 398 g/mol. The number of nitrogens with one attached hydrogen (secondary N) is 2. The zero-order valence-electron chi connectivity index (χ0n) is 14.6. The molecule has 0 saturated heterocycles. The van der Waals surface area contributed by atoms with Crippen LogP contribution in [0.5, 0.6) is 0 Å². The molecule has 0 fully saturated rings. The second-order valence-corrected chi connectivity index (χ2v) is 6.73. The molecule has 3 aromatic heterocycles. The fourth-order valence-electron chi connectivity index (χ4n) is 2.48. The van der Waals surface area contributed by atoms with Crippen molar-refractivity contribution in [3.05, 3.63) is 36.1 Å². The van der Waals surface area contributed by atoms with Gasteiger partial charge in [0.1, 0.15) is 11.3 Å². The molecule has 3 heterocycles. The highest BCUT2D eigenvalue weighted by Gasteiger charge is 2.13. The lowest BCUT2D eigenvalue weighted by Gasteiger charge is -2.04. The third-order valence-electron chi connectivity index (χ3n) is 3.68. The fraction of sp³-hybridized carbons (Fsp3) is 0.176. The second kappa shape index (κ2) is 7.64. The maximum atomic E-state index is 11.8. The highest BCUT2D eigenvalue weighted by molar-refractivity contribution is 7.99. The summed E-state index contributed by atoms with van der Waals surface area (Å²) in [6.45, 7) is 1.27. The van der Waals surface area contributed by atoms with Crippen molar-refractivity contribution in [3.63, 3.8) is 0 Å². The molecule has 11 heteroatoms. The summed E-state index contributed by atoms with van der Waals surface area (Å²) < 4.78 is 9.76. The maximum Gasteiger partial charge on any atom is 0.316 e. The first-order valence-electron chi connectivity index (χ1n) is 8.21. The van der Waals surface area contributed by atoms with Gasteiger partial charge in [-0.3, -0.25) is 9.59 Å². The number of aromatic nitrogens is 5. The van der Waals surface area contributed by atoms with E-state index in [1.807, 2.05) is 24.3 Å². The molecule has 0 unspecified atom stereocenters. The molecule has 0 aliphatic carbocycles. The molecular weight excluding hydrogens is 384 g/mol. The Labute approximate surface area is 162 Å². The summed E-state index contributed by atoms with van der Waals surface area (Å²) in [6, 6.07) is 9.24. The van der Waals surface area contributed by atoms with Crippen molar-refractivity contribution in [1.82, 2.24) is 25.3 Å². The molecule has 0 bridgehead atoms. The quantitative estimate of drug-likeness (QED) is 0.369. The van der Waals surface area contributed by atoms with Crippen molar-refractivity contribution in [2.45, 2.75) is 12.1 Å². The molecule has 1 amide bonds. The average Bonchev–Trinajstić information content (AvgIpc) is 3.27. The summed E-state index contributed by atoms with van der Waals surface area (Å²) in [5.41, 5.74) is 2.17. The number of carbonyl (C=O) groups excluding carboxylic acids is 2. The fourth-order valence-corrected chi connectivity index (χ4v) is 3.07. The van der Waals surface area contributed by atoms with Gasteiger partial charge in [-0.2, -0.15) is 0 Å². The topological polar surface area (TPSA) is 136 Å². The van der Waals surface area contributed by atoms with E-state index in [0.29, 0.717) is 22.1 Å². The van der Waals surface area contributed by atoms with E-state index in [-0.39, 0.29) is 11.6 Å². The summed E-state index contributed by atoms with van der Waals surface area (Å²) in [5, 5.41) is 15.5. The molecule has 0 saturated carbocycles. The van der Waals surface area contributed by atoms with E-state index in [4.69, 9.17) is 9.26 Å². The second-order valence-electron chi connectivity index (χ2n) is 5.78. The lowest BCUT2D eigenvalue weighted by atomic mass is 10.2. The third-order valence-corrected chi connectivity index (χ3v) is 4.49. The number of esters is 1. The van der Waals surface area contributed by atoms with Crippen molar-refractivity contribution >= 4 is 51.5 Å². The highest BCUT2D eigenvalue weighted by Crippen LogP contribution is 2.23. The van der Waals surface area contributed by atoms with Gasteiger partial charge in [-0.1, -0.05) is 35.1 Å². The molecule has 0 radical (unpaired) electrons. The smallest absolute Gasteiger partial charge is 0.316 e. The standard InChI is InChI=1S/C17H14N6O4S/c1-9-6-12(23-27-9)19-13(24)7-26-14(25)8-28-17-20-16-15(21-22-17)10-4-2-3-5-11(10)18-16/h2-6H,7-8H2,1H3,(H,18,20,22)(H,19,23,24). The van der Waals surface area contributed by atoms with Crippen LogP contribution in [0.2, 0.25) is 0 Å². The number of H-pyrrole nitrogens is 1. The van der Waals surface area contributed by atoms with Crippen LogP contribution in [-0.2, 0) is 14.3 Å². The molecular formula is C17H14N6O4S. The van der Waals surface area contributed by atoms with Crippen molar-refractivity contribution in [3.8, 4) is 0 Å². The van der Waals surface area contributed by atoms with Gasteiger partial charge in [0.05, 0.1) is 5.75 Å². The van der Waals surface area contributed by atoms with Crippen LogP contribution in [0.25, 0.3) is 22.1 Å². The predicted molar refractivity (Wildman–Crippen MR) is 101 cm³/mol. The molecule has 4 aromatic rings. The molecule has 2 N–H and O–H groups in total. The van der Waals surface area contributed by atoms with Crippen LogP contribution < -0.4 is 5.32 Å². The van der Waals surface area contributed by atoms with Crippen molar-refractivity contribution in [2.75, 3.05) is 17.7 Å². The molecule has 1 aromatic carbocycles. The van der Waals surface area contributed by atoms with Crippen LogP contribution in [0.15, 0.2) is 40.0 Å². The number of nitrogens with zero attached hydrogens (tertiary/aromatic N) is 4. The Morgan fingerprint density at radius 3 is 2.96 bits per heavy atom. The van der Waals surface area contributed by atoms with E-state index in [1.54, 1.807) is 13.0 Å². The lowest BCUT2D eigenvalue weighted by Crippen LogP contribution is -2.21. The number of hydrogen-bond acceptors (Lipinski definition) is 9. The number of fused-ring (bicyclic) bond motifs is 3. The van der Waals surface area contributed by atoms with E-state index < -0.39 is 18.5 Å². The molecule has 28 heavy (non-hydrogen) atoms. The van der Waals surface area contributed by atoms with Crippen molar-refractivity contribution < 1.29 is 18.8 Å². The van der Waals surface area contributed by atoms with Gasteiger partial charge in [0.15, 0.2) is 18.1 Å². The van der Waals surface area contributed by atoms with Gasteiger partial charge in [0.25, 0.3) is 5.91 Å². The molecule has 4 rings (SSSR count). The zero-order valence-corrected chi connectivity index (χ0v) is 15.4. The van der Waals surface area contributed by atoms with Gasteiger partial charge in [-0.05, 0) is 13.0 Å². The number of benzene rings is 1. The number of hydrogen-bond donors (Lipinski definition) is 2. The first-order valence-corrected chi connectivity index (χ1v) is 9.20. The minimum absolute atomic E-state index is 0.0518. The van der Waals surface area contributed by atoms with Gasteiger partial charge in [0, 0.05) is 17.0 Å². The van der Waals surface area contributed by atoms with Gasteiger partial charge < -0.3 is 19.6 Å². The van der Waals surface area contributed by atoms with Crippen LogP contribution in [0.3, 0.4) is 0 Å². The Hall–Kier alpha value is -3.47. The molecule has 0 aliphatic rings. The van der Waals surface area contributed by atoms with Crippen LogP contribution in [0, 0.1) is 6.92 Å². The SMILES string of the molecule is Cc1cc(NC(=O)COC(=O)CSc2nnc3c(n2)[nH]c2ccccc23)no1. The van der Waals surface area contributed by atoms with E-state index in [1.165, 1.54) is 0 Å². The van der Waals surface area contributed by atoms with Crippen LogP contribution in [0.1, 0.15) is 5.76 Å². The van der Waals surface area contributed by atoms with Crippen LogP contribution in [-0.4, -0.2) is 49.6 Å². The Kier molecular flexibility index (Phi) is 4.89. The normalized spacial score (nSPS) is 11.0. The molecule has 142 valence electrons. The number of anilines is 1. The third kappa shape index (κ3) is 3.93. The van der Waals surface area contributed by atoms with Crippen LogP contribution >= 0.6 is 11.8 Å². The Balaban J connectivity index is 1.30. The number of rotatable bonds is 6. The van der Waals surface area contributed by atoms with Crippen molar-refractivity contribution in [2.24, 2.45) is 0 Å². The van der Waals surface area contributed by atoms with Gasteiger partial charge >= 0.3 is 5.97 Å². The zero-order chi connectivity index (χ0) is 19.5. The number of aromatic amines is 1. The minimum Gasteiger partial charge on any atom is -0.455 e. The number of aryl methyl sites for hydroxylation is 1. The number of carbonyl (C=O) groups is 2. The van der Waals surface area contributed by atoms with E-state index in [0.717, 1.165) is 22.7 Å². The molecule has 0 spiro atoms. The summed E-state index contributed by atoms with van der Waals surface area (Å²) in [7, 11) is 0. The minimum atomic E-state index is -0.572.